The molecule has 0 aliphatic rings. The van der Waals surface area contributed by atoms with Crippen LogP contribution in [0.5, 0.6) is 0 Å². The number of fused-ring (bicyclic) bond motifs is 1. The highest BCUT2D eigenvalue weighted by Crippen LogP contribution is 2.21. The van der Waals surface area contributed by atoms with Crippen molar-refractivity contribution in [3.8, 4) is 0 Å². The first-order chi connectivity index (χ1) is 7.69. The average molecular weight is 238 g/mol. The van der Waals surface area contributed by atoms with Gasteiger partial charge in [-0.3, -0.25) is 4.57 Å². The normalized spacial score (nSPS) is 11.2. The van der Waals surface area contributed by atoms with E-state index in [9.17, 15) is 4.79 Å². The zero-order valence-corrected chi connectivity index (χ0v) is 10.4. The number of hydrogen-bond donors (Lipinski definition) is 0. The molecule has 0 saturated heterocycles. The summed E-state index contributed by atoms with van der Waals surface area (Å²) in [5.41, 5.74) is 1.45. The van der Waals surface area contributed by atoms with Crippen molar-refractivity contribution < 1.29 is 0 Å². The van der Waals surface area contributed by atoms with Crippen molar-refractivity contribution in [3.05, 3.63) is 16.8 Å². The molecule has 0 aliphatic heterocycles. The minimum absolute atomic E-state index is 0.211. The van der Waals surface area contributed by atoms with E-state index in [0.29, 0.717) is 6.54 Å². The Morgan fingerprint density at radius 1 is 1.50 bits per heavy atom. The fourth-order valence-electron chi connectivity index (χ4n) is 1.72. The van der Waals surface area contributed by atoms with Gasteiger partial charge >= 0.3 is 5.69 Å². The van der Waals surface area contributed by atoms with Crippen LogP contribution in [0.25, 0.3) is 11.2 Å². The number of rotatable bonds is 3. The summed E-state index contributed by atoms with van der Waals surface area (Å²) in [5.74, 6) is 0. The van der Waals surface area contributed by atoms with Gasteiger partial charge in [0.1, 0.15) is 10.5 Å². The van der Waals surface area contributed by atoms with E-state index in [0.717, 1.165) is 22.6 Å². The molecular weight excluding hydrogens is 224 g/mol. The smallest absolute Gasteiger partial charge is 0.330 e. The van der Waals surface area contributed by atoms with Crippen LogP contribution in [-0.2, 0) is 13.6 Å². The van der Waals surface area contributed by atoms with Crippen LogP contribution < -0.4 is 5.69 Å². The maximum Gasteiger partial charge on any atom is 0.350 e. The molecule has 0 saturated carbocycles. The molecule has 0 spiro atoms. The first-order valence-corrected chi connectivity index (χ1v) is 6.37. The van der Waals surface area contributed by atoms with Gasteiger partial charge in [-0.15, -0.1) is 11.8 Å². The summed E-state index contributed by atoms with van der Waals surface area (Å²) in [6.07, 6.45) is 4.53. The molecule has 0 aromatic carbocycles. The standard InChI is InChI=1S/C10H14N4OS/c1-4-5-14-8-7(13(2)6-11-8)9(16-3)12-10(14)15/h6H,4-5H2,1-3H3. The summed E-state index contributed by atoms with van der Waals surface area (Å²) >= 11 is 1.47. The highest BCUT2D eigenvalue weighted by atomic mass is 32.2. The number of hydrogen-bond acceptors (Lipinski definition) is 4. The Morgan fingerprint density at radius 2 is 2.25 bits per heavy atom. The number of aryl methyl sites for hydroxylation is 2. The molecule has 2 rings (SSSR count). The van der Waals surface area contributed by atoms with E-state index in [-0.39, 0.29) is 5.69 Å². The zero-order chi connectivity index (χ0) is 11.7. The quantitative estimate of drug-likeness (QED) is 0.597. The van der Waals surface area contributed by atoms with Gasteiger partial charge in [0.15, 0.2) is 5.65 Å². The van der Waals surface area contributed by atoms with Crippen molar-refractivity contribution in [2.75, 3.05) is 6.26 Å². The Labute approximate surface area is 97.5 Å². The van der Waals surface area contributed by atoms with E-state index in [1.807, 2.05) is 24.8 Å². The summed E-state index contributed by atoms with van der Waals surface area (Å²) in [6.45, 7) is 2.69. The van der Waals surface area contributed by atoms with Crippen LogP contribution >= 0.6 is 11.8 Å². The van der Waals surface area contributed by atoms with Gasteiger partial charge in [-0.2, -0.15) is 4.98 Å². The Bertz CT molecular complexity index is 572. The molecular formula is C10H14N4OS. The van der Waals surface area contributed by atoms with Crippen molar-refractivity contribution in [3.63, 3.8) is 0 Å². The lowest BCUT2D eigenvalue weighted by Gasteiger charge is -2.06. The molecule has 2 heterocycles. The fraction of sp³-hybridized carbons (Fsp3) is 0.500. The third-order valence-corrected chi connectivity index (χ3v) is 3.12. The first kappa shape index (κ1) is 11.2. The SMILES string of the molecule is CCCn1c(=O)nc(SC)c2c1ncn2C. The maximum atomic E-state index is 11.8. The molecule has 0 radical (unpaired) electrons. The molecule has 0 aliphatic carbocycles. The summed E-state index contributed by atoms with van der Waals surface area (Å²) in [7, 11) is 1.91. The van der Waals surface area contributed by atoms with Crippen LogP contribution in [0.15, 0.2) is 16.1 Å². The van der Waals surface area contributed by atoms with Gasteiger partial charge in [-0.25, -0.2) is 9.78 Å². The van der Waals surface area contributed by atoms with Crippen molar-refractivity contribution in [1.82, 2.24) is 19.1 Å². The van der Waals surface area contributed by atoms with Crippen molar-refractivity contribution in [2.45, 2.75) is 24.9 Å². The summed E-state index contributed by atoms with van der Waals surface area (Å²) < 4.78 is 3.54. The third-order valence-electron chi connectivity index (χ3n) is 2.44. The second-order valence-corrected chi connectivity index (χ2v) is 4.38. The molecule has 0 unspecified atom stereocenters. The monoisotopic (exact) mass is 238 g/mol. The van der Waals surface area contributed by atoms with E-state index in [4.69, 9.17) is 0 Å². The number of imidazole rings is 1. The van der Waals surface area contributed by atoms with Gasteiger partial charge in [0.2, 0.25) is 0 Å². The summed E-state index contributed by atoms with van der Waals surface area (Å²) in [5, 5.41) is 0.743. The molecule has 2 aromatic heterocycles. The molecule has 6 heteroatoms. The van der Waals surface area contributed by atoms with Gasteiger partial charge in [0, 0.05) is 13.6 Å². The van der Waals surface area contributed by atoms with Gasteiger partial charge in [0.25, 0.3) is 0 Å². The number of nitrogens with zero attached hydrogens (tertiary/aromatic N) is 4. The van der Waals surface area contributed by atoms with Crippen molar-refractivity contribution in [2.24, 2.45) is 7.05 Å². The second-order valence-electron chi connectivity index (χ2n) is 3.58. The Morgan fingerprint density at radius 3 is 2.88 bits per heavy atom. The van der Waals surface area contributed by atoms with Crippen LogP contribution in [0.4, 0.5) is 0 Å². The van der Waals surface area contributed by atoms with E-state index >= 15 is 0 Å². The van der Waals surface area contributed by atoms with Gasteiger partial charge in [-0.1, -0.05) is 6.92 Å². The predicted octanol–water partition coefficient (Wildman–Crippen LogP) is 1.26. The Balaban J connectivity index is 2.82. The molecule has 0 amide bonds. The zero-order valence-electron chi connectivity index (χ0n) is 9.60. The van der Waals surface area contributed by atoms with Crippen LogP contribution in [0, 0.1) is 0 Å². The molecule has 16 heavy (non-hydrogen) atoms. The van der Waals surface area contributed by atoms with E-state index < -0.39 is 0 Å². The fourth-order valence-corrected chi connectivity index (χ4v) is 2.32. The molecule has 0 N–H and O–H groups in total. The summed E-state index contributed by atoms with van der Waals surface area (Å²) in [6, 6.07) is 0. The molecule has 86 valence electrons. The van der Waals surface area contributed by atoms with E-state index in [2.05, 4.69) is 9.97 Å². The topological polar surface area (TPSA) is 52.7 Å². The van der Waals surface area contributed by atoms with Gasteiger partial charge in [0.05, 0.1) is 6.33 Å². The lowest BCUT2D eigenvalue weighted by Crippen LogP contribution is -2.24. The molecule has 0 fully saturated rings. The van der Waals surface area contributed by atoms with Crippen LogP contribution in [-0.4, -0.2) is 25.4 Å². The van der Waals surface area contributed by atoms with Crippen molar-refractivity contribution in [1.29, 1.82) is 0 Å². The third kappa shape index (κ3) is 1.63. The largest absolute Gasteiger partial charge is 0.350 e. The predicted molar refractivity (Wildman–Crippen MR) is 64.8 cm³/mol. The Kier molecular flexibility index (Phi) is 3.00. The number of aromatic nitrogens is 4. The van der Waals surface area contributed by atoms with Crippen LogP contribution in [0.3, 0.4) is 0 Å². The molecule has 0 atom stereocenters. The lowest BCUT2D eigenvalue weighted by atomic mass is 10.4. The highest BCUT2D eigenvalue weighted by molar-refractivity contribution is 7.98. The van der Waals surface area contributed by atoms with Gasteiger partial charge in [-0.05, 0) is 12.7 Å². The van der Waals surface area contributed by atoms with Crippen molar-refractivity contribution >= 4 is 22.9 Å². The lowest BCUT2D eigenvalue weighted by molar-refractivity contribution is 0.647. The molecule has 2 aromatic rings. The molecule has 5 nitrogen and oxygen atoms in total. The van der Waals surface area contributed by atoms with Crippen LogP contribution in [0.1, 0.15) is 13.3 Å². The molecule has 0 bridgehead atoms. The number of thioether (sulfide) groups is 1. The maximum absolute atomic E-state index is 11.8. The minimum atomic E-state index is -0.211. The second kappa shape index (κ2) is 4.29. The van der Waals surface area contributed by atoms with Crippen LogP contribution in [0.2, 0.25) is 0 Å². The van der Waals surface area contributed by atoms with E-state index in [1.54, 1.807) is 10.9 Å². The van der Waals surface area contributed by atoms with Gasteiger partial charge < -0.3 is 4.57 Å². The average Bonchev–Trinajstić information content (AvgIpc) is 2.65. The van der Waals surface area contributed by atoms with E-state index in [1.165, 1.54) is 11.8 Å². The highest BCUT2D eigenvalue weighted by Gasteiger charge is 2.13. The minimum Gasteiger partial charge on any atom is -0.330 e. The Hall–Kier alpha value is -1.30. The first-order valence-electron chi connectivity index (χ1n) is 5.15. The summed E-state index contributed by atoms with van der Waals surface area (Å²) in [4.78, 5) is 20.2.